The van der Waals surface area contributed by atoms with Crippen molar-refractivity contribution < 1.29 is 4.79 Å². The molecule has 4 nitrogen and oxygen atoms in total. The molecular formula is C13H17N3O. The molecule has 17 heavy (non-hydrogen) atoms. The van der Waals surface area contributed by atoms with E-state index in [0.717, 1.165) is 5.52 Å². The minimum absolute atomic E-state index is 0.0359. The van der Waals surface area contributed by atoms with Crippen molar-refractivity contribution in [3.63, 3.8) is 0 Å². The maximum Gasteiger partial charge on any atom is 0.233 e. The Hall–Kier alpha value is -1.81. The lowest BCUT2D eigenvalue weighted by Crippen LogP contribution is -2.33. The van der Waals surface area contributed by atoms with Crippen molar-refractivity contribution >= 4 is 16.8 Å². The fourth-order valence-electron chi connectivity index (χ4n) is 1.88. The average molecular weight is 231 g/mol. The third-order valence-electron chi connectivity index (χ3n) is 2.66. The number of aromatic amines is 1. The Morgan fingerprint density at radius 3 is 3.06 bits per heavy atom. The molecule has 0 saturated heterocycles. The Morgan fingerprint density at radius 1 is 1.35 bits per heavy atom. The number of carbonyl (C=O) groups excluding carboxylic acids is 1. The number of hydrogen-bond donors (Lipinski definition) is 3. The normalized spacial score (nSPS) is 10.6. The minimum Gasteiger partial charge on any atom is -0.361 e. The minimum atomic E-state index is 0.0359. The van der Waals surface area contributed by atoms with Crippen LogP contribution in [-0.2, 0) is 11.3 Å². The predicted octanol–water partition coefficient (Wildman–Crippen LogP) is 1.39. The first-order valence-electron chi connectivity index (χ1n) is 5.83. The highest BCUT2D eigenvalue weighted by atomic mass is 16.1. The summed E-state index contributed by atoms with van der Waals surface area (Å²) in [6.45, 7) is 3.65. The molecule has 0 aliphatic rings. The quantitative estimate of drug-likeness (QED) is 0.728. The Labute approximate surface area is 100 Å². The maximum absolute atomic E-state index is 11.3. The highest BCUT2D eigenvalue weighted by Gasteiger charge is 2.02. The van der Waals surface area contributed by atoms with E-state index in [-0.39, 0.29) is 5.91 Å². The zero-order valence-corrected chi connectivity index (χ0v) is 9.92. The summed E-state index contributed by atoms with van der Waals surface area (Å²) in [6, 6.07) is 8.18. The van der Waals surface area contributed by atoms with Crippen molar-refractivity contribution in [1.29, 1.82) is 0 Å². The standard InChI is InChI=1S/C13H17N3O/c1-2-15-13(17)9-14-8-10-4-3-5-12-11(10)6-7-16-12/h3-7,14,16H,2,8-9H2,1H3,(H,15,17). The number of aromatic nitrogens is 1. The van der Waals surface area contributed by atoms with Crippen molar-refractivity contribution in [2.45, 2.75) is 13.5 Å². The van der Waals surface area contributed by atoms with E-state index < -0.39 is 0 Å². The Kier molecular flexibility index (Phi) is 3.77. The van der Waals surface area contributed by atoms with Gasteiger partial charge in [0, 0.05) is 30.2 Å². The van der Waals surface area contributed by atoms with Crippen molar-refractivity contribution in [2.75, 3.05) is 13.1 Å². The molecule has 0 radical (unpaired) electrons. The first kappa shape index (κ1) is 11.7. The van der Waals surface area contributed by atoms with E-state index in [9.17, 15) is 4.79 Å². The van der Waals surface area contributed by atoms with Gasteiger partial charge in [0.1, 0.15) is 0 Å². The molecule has 0 saturated carbocycles. The van der Waals surface area contributed by atoms with Crippen LogP contribution in [0.25, 0.3) is 10.9 Å². The van der Waals surface area contributed by atoms with E-state index in [1.54, 1.807) is 0 Å². The Balaban J connectivity index is 1.95. The first-order valence-corrected chi connectivity index (χ1v) is 5.83. The van der Waals surface area contributed by atoms with Crippen LogP contribution >= 0.6 is 0 Å². The average Bonchev–Trinajstić information content (AvgIpc) is 2.78. The van der Waals surface area contributed by atoms with Gasteiger partial charge < -0.3 is 15.6 Å². The summed E-state index contributed by atoms with van der Waals surface area (Å²) in [7, 11) is 0. The molecule has 2 aromatic rings. The Bertz CT molecular complexity index is 504. The van der Waals surface area contributed by atoms with E-state index >= 15 is 0 Å². The predicted molar refractivity (Wildman–Crippen MR) is 68.7 cm³/mol. The van der Waals surface area contributed by atoms with E-state index in [2.05, 4.69) is 27.8 Å². The van der Waals surface area contributed by atoms with E-state index in [4.69, 9.17) is 0 Å². The molecular weight excluding hydrogens is 214 g/mol. The number of rotatable bonds is 5. The monoisotopic (exact) mass is 231 g/mol. The molecule has 3 N–H and O–H groups in total. The molecule has 0 aliphatic carbocycles. The van der Waals surface area contributed by atoms with Gasteiger partial charge in [0.15, 0.2) is 0 Å². The summed E-state index contributed by atoms with van der Waals surface area (Å²) in [5.41, 5.74) is 2.33. The van der Waals surface area contributed by atoms with Gasteiger partial charge in [0.2, 0.25) is 5.91 Å². The van der Waals surface area contributed by atoms with Gasteiger partial charge in [-0.2, -0.15) is 0 Å². The van der Waals surface area contributed by atoms with Crippen LogP contribution in [0, 0.1) is 0 Å². The van der Waals surface area contributed by atoms with E-state index in [1.807, 2.05) is 25.3 Å². The highest BCUT2D eigenvalue weighted by Crippen LogP contribution is 2.16. The fraction of sp³-hybridized carbons (Fsp3) is 0.308. The molecule has 0 atom stereocenters. The molecule has 2 rings (SSSR count). The van der Waals surface area contributed by atoms with Gasteiger partial charge in [-0.15, -0.1) is 0 Å². The van der Waals surface area contributed by atoms with Gasteiger partial charge >= 0.3 is 0 Å². The van der Waals surface area contributed by atoms with Crippen molar-refractivity contribution in [3.05, 3.63) is 36.0 Å². The molecule has 1 heterocycles. The molecule has 0 spiro atoms. The second-order valence-electron chi connectivity index (χ2n) is 3.91. The molecule has 1 amide bonds. The second-order valence-corrected chi connectivity index (χ2v) is 3.91. The van der Waals surface area contributed by atoms with Crippen LogP contribution in [0.5, 0.6) is 0 Å². The zero-order valence-electron chi connectivity index (χ0n) is 9.92. The summed E-state index contributed by atoms with van der Waals surface area (Å²) in [6.07, 6.45) is 1.93. The van der Waals surface area contributed by atoms with Crippen molar-refractivity contribution in [2.24, 2.45) is 0 Å². The fourth-order valence-corrected chi connectivity index (χ4v) is 1.88. The third-order valence-corrected chi connectivity index (χ3v) is 2.66. The van der Waals surface area contributed by atoms with Gasteiger partial charge in [0.05, 0.1) is 6.54 Å². The van der Waals surface area contributed by atoms with Crippen LogP contribution in [0.3, 0.4) is 0 Å². The molecule has 1 aromatic heterocycles. The van der Waals surface area contributed by atoms with Crippen LogP contribution < -0.4 is 10.6 Å². The van der Waals surface area contributed by atoms with Crippen LogP contribution in [0.15, 0.2) is 30.5 Å². The van der Waals surface area contributed by atoms with Gasteiger partial charge in [-0.3, -0.25) is 4.79 Å². The molecule has 90 valence electrons. The van der Waals surface area contributed by atoms with Gasteiger partial charge in [-0.25, -0.2) is 0 Å². The lowest BCUT2D eigenvalue weighted by atomic mass is 10.1. The van der Waals surface area contributed by atoms with Crippen molar-refractivity contribution in [3.8, 4) is 0 Å². The van der Waals surface area contributed by atoms with Crippen LogP contribution in [0.2, 0.25) is 0 Å². The van der Waals surface area contributed by atoms with Crippen LogP contribution in [0.4, 0.5) is 0 Å². The molecule has 0 fully saturated rings. The lowest BCUT2D eigenvalue weighted by Gasteiger charge is -2.06. The molecule has 1 aromatic carbocycles. The summed E-state index contributed by atoms with van der Waals surface area (Å²) >= 11 is 0. The van der Waals surface area contributed by atoms with E-state index in [0.29, 0.717) is 19.6 Å². The van der Waals surface area contributed by atoms with Gasteiger partial charge in [-0.05, 0) is 24.6 Å². The molecule has 0 unspecified atom stereocenters. The van der Waals surface area contributed by atoms with Gasteiger partial charge in [-0.1, -0.05) is 12.1 Å². The van der Waals surface area contributed by atoms with Crippen molar-refractivity contribution in [1.82, 2.24) is 15.6 Å². The smallest absolute Gasteiger partial charge is 0.233 e. The number of H-pyrrole nitrogens is 1. The second kappa shape index (κ2) is 5.50. The largest absolute Gasteiger partial charge is 0.361 e. The summed E-state index contributed by atoms with van der Waals surface area (Å²) in [4.78, 5) is 14.4. The van der Waals surface area contributed by atoms with Crippen LogP contribution in [-0.4, -0.2) is 24.0 Å². The maximum atomic E-state index is 11.3. The summed E-state index contributed by atoms with van der Waals surface area (Å²) in [5.74, 6) is 0.0359. The SMILES string of the molecule is CCNC(=O)CNCc1cccc2[nH]ccc12. The summed E-state index contributed by atoms with van der Waals surface area (Å²) in [5, 5.41) is 7.10. The number of fused-ring (bicyclic) bond motifs is 1. The number of carbonyl (C=O) groups is 1. The topological polar surface area (TPSA) is 56.9 Å². The van der Waals surface area contributed by atoms with Gasteiger partial charge in [0.25, 0.3) is 0 Å². The molecule has 0 bridgehead atoms. The number of hydrogen-bond acceptors (Lipinski definition) is 2. The first-order chi connectivity index (χ1) is 8.31. The summed E-state index contributed by atoms with van der Waals surface area (Å²) < 4.78 is 0. The highest BCUT2D eigenvalue weighted by molar-refractivity contribution is 5.83. The lowest BCUT2D eigenvalue weighted by molar-refractivity contribution is -0.120. The molecule has 4 heteroatoms. The number of nitrogens with one attached hydrogen (secondary N) is 3. The van der Waals surface area contributed by atoms with E-state index in [1.165, 1.54) is 10.9 Å². The Morgan fingerprint density at radius 2 is 2.24 bits per heavy atom. The molecule has 0 aliphatic heterocycles. The third kappa shape index (κ3) is 2.85. The number of likely N-dealkylation sites (N-methyl/N-ethyl adjacent to an activating group) is 1. The number of amides is 1. The van der Waals surface area contributed by atoms with Crippen LogP contribution in [0.1, 0.15) is 12.5 Å². The number of benzene rings is 1. The zero-order chi connectivity index (χ0) is 12.1.